The first-order valence-electron chi connectivity index (χ1n) is 9.11. The minimum Gasteiger partial charge on any atom is -0.468 e. The van der Waals surface area contributed by atoms with Gasteiger partial charge in [-0.3, -0.25) is 14.4 Å². The number of hydrogen-bond acceptors (Lipinski definition) is 5. The SMILES string of the molecule is O=C1CCCc2occ(C(=O)N3CCNC[C@@H]3C(=O)N3CCCC3)c21. The van der Waals surface area contributed by atoms with Crippen LogP contribution in [0.15, 0.2) is 10.7 Å². The van der Waals surface area contributed by atoms with Crippen LogP contribution in [0.2, 0.25) is 0 Å². The molecule has 0 unspecified atom stereocenters. The average Bonchev–Trinajstić information content (AvgIpc) is 3.31. The predicted octanol–water partition coefficient (Wildman–Crippen LogP) is 0.835. The smallest absolute Gasteiger partial charge is 0.258 e. The highest BCUT2D eigenvalue weighted by atomic mass is 16.3. The molecule has 2 amide bonds. The molecule has 1 aromatic heterocycles. The fourth-order valence-electron chi connectivity index (χ4n) is 4.05. The summed E-state index contributed by atoms with van der Waals surface area (Å²) in [7, 11) is 0. The summed E-state index contributed by atoms with van der Waals surface area (Å²) < 4.78 is 5.49. The minimum atomic E-state index is -0.511. The van der Waals surface area contributed by atoms with Crippen molar-refractivity contribution in [1.29, 1.82) is 0 Å². The summed E-state index contributed by atoms with van der Waals surface area (Å²) in [5.41, 5.74) is 0.753. The maximum Gasteiger partial charge on any atom is 0.258 e. The number of carbonyl (C=O) groups is 3. The lowest BCUT2D eigenvalue weighted by Crippen LogP contribution is -2.60. The molecule has 0 saturated carbocycles. The van der Waals surface area contributed by atoms with Gasteiger partial charge in [-0.1, -0.05) is 0 Å². The molecule has 4 rings (SSSR count). The van der Waals surface area contributed by atoms with Crippen molar-refractivity contribution in [2.45, 2.75) is 38.1 Å². The zero-order chi connectivity index (χ0) is 17.4. The molecule has 0 bridgehead atoms. The molecular formula is C18H23N3O4. The molecule has 25 heavy (non-hydrogen) atoms. The predicted molar refractivity (Wildman–Crippen MR) is 89.5 cm³/mol. The molecule has 2 saturated heterocycles. The van der Waals surface area contributed by atoms with Crippen LogP contribution in [0.5, 0.6) is 0 Å². The first-order chi connectivity index (χ1) is 12.2. The van der Waals surface area contributed by atoms with Gasteiger partial charge in [0.25, 0.3) is 5.91 Å². The van der Waals surface area contributed by atoms with Crippen molar-refractivity contribution < 1.29 is 18.8 Å². The Morgan fingerprint density at radius 3 is 2.72 bits per heavy atom. The Kier molecular flexibility index (Phi) is 4.33. The van der Waals surface area contributed by atoms with Crippen molar-refractivity contribution in [1.82, 2.24) is 15.1 Å². The number of furan rings is 1. The number of carbonyl (C=O) groups excluding carboxylic acids is 3. The molecule has 1 atom stereocenters. The van der Waals surface area contributed by atoms with Crippen LogP contribution in [0.4, 0.5) is 0 Å². The van der Waals surface area contributed by atoms with E-state index >= 15 is 0 Å². The second-order valence-corrected chi connectivity index (χ2v) is 6.98. The normalized spacial score (nSPS) is 23.7. The molecule has 1 aromatic rings. The third-order valence-corrected chi connectivity index (χ3v) is 5.39. The Labute approximate surface area is 146 Å². The zero-order valence-electron chi connectivity index (χ0n) is 14.3. The number of likely N-dealkylation sites (tertiary alicyclic amines) is 1. The van der Waals surface area contributed by atoms with Crippen LogP contribution in [-0.4, -0.2) is 66.2 Å². The quantitative estimate of drug-likeness (QED) is 0.859. The van der Waals surface area contributed by atoms with E-state index in [0.29, 0.717) is 49.4 Å². The maximum absolute atomic E-state index is 13.1. The Morgan fingerprint density at radius 1 is 1.12 bits per heavy atom. The molecule has 3 aliphatic rings. The van der Waals surface area contributed by atoms with E-state index < -0.39 is 6.04 Å². The topological polar surface area (TPSA) is 82.9 Å². The molecule has 0 radical (unpaired) electrons. The van der Waals surface area contributed by atoms with Crippen LogP contribution >= 0.6 is 0 Å². The highest BCUT2D eigenvalue weighted by molar-refractivity contribution is 6.10. The molecular weight excluding hydrogens is 322 g/mol. The standard InChI is InChI=1S/C18H23N3O4/c22-14-4-3-5-15-16(14)12(11-25-15)17(23)21-9-6-19-10-13(21)18(24)20-7-1-2-8-20/h11,13,19H,1-10H2/t13-/m1/s1. The molecule has 7 nitrogen and oxygen atoms in total. The number of nitrogens with zero attached hydrogens (tertiary/aromatic N) is 2. The van der Waals surface area contributed by atoms with Crippen LogP contribution in [0, 0.1) is 0 Å². The molecule has 0 spiro atoms. The summed E-state index contributed by atoms with van der Waals surface area (Å²) in [6.07, 6.45) is 5.33. The molecule has 2 fully saturated rings. The van der Waals surface area contributed by atoms with Gasteiger partial charge in [0.1, 0.15) is 18.1 Å². The van der Waals surface area contributed by atoms with Gasteiger partial charge in [-0.25, -0.2) is 0 Å². The largest absolute Gasteiger partial charge is 0.468 e. The molecule has 0 aromatic carbocycles. The van der Waals surface area contributed by atoms with E-state index in [-0.39, 0.29) is 17.6 Å². The Balaban J connectivity index is 1.60. The monoisotopic (exact) mass is 345 g/mol. The van der Waals surface area contributed by atoms with Crippen molar-refractivity contribution in [2.24, 2.45) is 0 Å². The van der Waals surface area contributed by atoms with Gasteiger partial charge >= 0.3 is 0 Å². The van der Waals surface area contributed by atoms with Crippen LogP contribution < -0.4 is 5.32 Å². The first-order valence-corrected chi connectivity index (χ1v) is 9.11. The minimum absolute atomic E-state index is 0.00161. The zero-order valence-corrected chi connectivity index (χ0v) is 14.3. The second kappa shape index (κ2) is 6.63. The van der Waals surface area contributed by atoms with E-state index in [2.05, 4.69) is 5.32 Å². The van der Waals surface area contributed by atoms with E-state index in [1.807, 2.05) is 4.90 Å². The number of aryl methyl sites for hydroxylation is 1. The van der Waals surface area contributed by atoms with E-state index in [1.165, 1.54) is 6.26 Å². The summed E-state index contributed by atoms with van der Waals surface area (Å²) in [4.78, 5) is 41.7. The van der Waals surface area contributed by atoms with E-state index in [1.54, 1.807) is 4.90 Å². The summed E-state index contributed by atoms with van der Waals surface area (Å²) in [5.74, 6) is 0.314. The molecule has 2 aliphatic heterocycles. The highest BCUT2D eigenvalue weighted by Crippen LogP contribution is 2.28. The van der Waals surface area contributed by atoms with Gasteiger partial charge in [0.15, 0.2) is 5.78 Å². The number of fused-ring (bicyclic) bond motifs is 1. The van der Waals surface area contributed by atoms with Gasteiger partial charge in [0.2, 0.25) is 5.91 Å². The van der Waals surface area contributed by atoms with Crippen molar-refractivity contribution in [3.05, 3.63) is 23.2 Å². The number of hydrogen-bond donors (Lipinski definition) is 1. The Morgan fingerprint density at radius 2 is 1.92 bits per heavy atom. The van der Waals surface area contributed by atoms with Crippen LogP contribution in [0.1, 0.15) is 52.2 Å². The van der Waals surface area contributed by atoms with Gasteiger partial charge in [-0.15, -0.1) is 0 Å². The summed E-state index contributed by atoms with van der Waals surface area (Å²) in [6.45, 7) is 3.07. The lowest BCUT2D eigenvalue weighted by atomic mass is 9.93. The molecule has 1 aliphatic carbocycles. The van der Waals surface area contributed by atoms with Crippen molar-refractivity contribution in [3.8, 4) is 0 Å². The summed E-state index contributed by atoms with van der Waals surface area (Å²) in [6, 6.07) is -0.511. The van der Waals surface area contributed by atoms with Gasteiger partial charge < -0.3 is 19.5 Å². The van der Waals surface area contributed by atoms with Crippen molar-refractivity contribution in [3.63, 3.8) is 0 Å². The van der Waals surface area contributed by atoms with Crippen molar-refractivity contribution in [2.75, 3.05) is 32.7 Å². The van der Waals surface area contributed by atoms with Crippen LogP contribution in [0.25, 0.3) is 0 Å². The number of rotatable bonds is 2. The van der Waals surface area contributed by atoms with Crippen LogP contribution in [-0.2, 0) is 11.2 Å². The number of piperazine rings is 1. The van der Waals surface area contributed by atoms with Gasteiger partial charge in [-0.05, 0) is 19.3 Å². The van der Waals surface area contributed by atoms with Crippen molar-refractivity contribution >= 4 is 17.6 Å². The van der Waals surface area contributed by atoms with Crippen LogP contribution in [0.3, 0.4) is 0 Å². The van der Waals surface area contributed by atoms with E-state index in [4.69, 9.17) is 4.42 Å². The summed E-state index contributed by atoms with van der Waals surface area (Å²) >= 11 is 0. The third-order valence-electron chi connectivity index (χ3n) is 5.39. The second-order valence-electron chi connectivity index (χ2n) is 6.98. The number of Topliss-reactive ketones (excluding diaryl/α,β-unsaturated/α-hetero) is 1. The Hall–Kier alpha value is -2.15. The molecule has 7 heteroatoms. The molecule has 1 N–H and O–H groups in total. The van der Waals surface area contributed by atoms with E-state index in [9.17, 15) is 14.4 Å². The van der Waals surface area contributed by atoms with Gasteiger partial charge in [-0.2, -0.15) is 0 Å². The number of amides is 2. The lowest BCUT2D eigenvalue weighted by Gasteiger charge is -2.37. The average molecular weight is 345 g/mol. The fourth-order valence-corrected chi connectivity index (χ4v) is 4.05. The van der Waals surface area contributed by atoms with E-state index in [0.717, 1.165) is 32.4 Å². The third kappa shape index (κ3) is 2.86. The number of nitrogens with one attached hydrogen (secondary N) is 1. The maximum atomic E-state index is 13.1. The highest BCUT2D eigenvalue weighted by Gasteiger charge is 2.38. The van der Waals surface area contributed by atoms with Gasteiger partial charge in [0.05, 0.1) is 11.1 Å². The molecule has 3 heterocycles. The lowest BCUT2D eigenvalue weighted by molar-refractivity contribution is -0.135. The Bertz CT molecular complexity index is 705. The number of ketones is 1. The summed E-state index contributed by atoms with van der Waals surface area (Å²) in [5, 5.41) is 3.21. The first kappa shape index (κ1) is 16.3. The van der Waals surface area contributed by atoms with Gasteiger partial charge in [0, 0.05) is 45.6 Å². The fraction of sp³-hybridized carbons (Fsp3) is 0.611. The molecule has 134 valence electrons.